The first-order valence-corrected chi connectivity index (χ1v) is 7.71. The minimum Gasteiger partial charge on any atom is -0.512 e. The van der Waals surface area contributed by atoms with Crippen molar-refractivity contribution in [3.05, 3.63) is 11.8 Å². The standard InChI is InChI=1S/C14H20N2O2S/c1-7(2)14(3)12(18)16-13(19-14)15-10-5-8-4-9(10)11(17)6-8/h6-10,17H,4-5H2,1-3H3,(H,15,16,18)/t8-,9+,10+,14+/m1/s1. The van der Waals surface area contributed by atoms with Gasteiger partial charge in [0.25, 0.3) is 5.91 Å². The number of hydrogen-bond acceptors (Lipinski definition) is 4. The van der Waals surface area contributed by atoms with Crippen LogP contribution in [0.4, 0.5) is 0 Å². The van der Waals surface area contributed by atoms with E-state index in [0.717, 1.165) is 18.0 Å². The molecule has 0 saturated heterocycles. The third-order valence-electron chi connectivity index (χ3n) is 4.73. The highest BCUT2D eigenvalue weighted by Gasteiger charge is 2.46. The first-order valence-electron chi connectivity index (χ1n) is 6.89. The Morgan fingerprint density at radius 3 is 2.79 bits per heavy atom. The van der Waals surface area contributed by atoms with Crippen molar-refractivity contribution < 1.29 is 9.90 Å². The summed E-state index contributed by atoms with van der Waals surface area (Å²) in [5, 5.41) is 13.9. The van der Waals surface area contributed by atoms with Crippen molar-refractivity contribution in [1.82, 2.24) is 5.32 Å². The van der Waals surface area contributed by atoms with Crippen LogP contribution in [0.25, 0.3) is 0 Å². The van der Waals surface area contributed by atoms with Gasteiger partial charge in [0.2, 0.25) is 0 Å². The zero-order valence-electron chi connectivity index (χ0n) is 11.5. The van der Waals surface area contributed by atoms with E-state index in [4.69, 9.17) is 0 Å². The van der Waals surface area contributed by atoms with Crippen LogP contribution in [0.1, 0.15) is 33.6 Å². The van der Waals surface area contributed by atoms with Gasteiger partial charge >= 0.3 is 0 Å². The van der Waals surface area contributed by atoms with Crippen LogP contribution >= 0.6 is 11.8 Å². The molecular formula is C14H20N2O2S. The molecule has 0 unspecified atom stereocenters. The number of aliphatic hydroxyl groups excluding tert-OH is 1. The number of aliphatic hydroxyl groups is 1. The van der Waals surface area contributed by atoms with Crippen molar-refractivity contribution in [2.45, 2.75) is 44.4 Å². The molecule has 104 valence electrons. The molecule has 1 saturated carbocycles. The largest absolute Gasteiger partial charge is 0.512 e. The number of rotatable bonds is 2. The van der Waals surface area contributed by atoms with Gasteiger partial charge in [0.05, 0.1) is 5.76 Å². The maximum absolute atomic E-state index is 12.0. The Labute approximate surface area is 117 Å². The molecule has 1 amide bonds. The Balaban J connectivity index is 1.69. The molecule has 3 rings (SSSR count). The summed E-state index contributed by atoms with van der Waals surface area (Å²) in [6.07, 6.45) is 4.02. The minimum absolute atomic E-state index is 0.0436. The van der Waals surface area contributed by atoms with Crippen molar-refractivity contribution in [1.29, 1.82) is 0 Å². The molecule has 2 bridgehead atoms. The number of aliphatic imine (C=N–C) groups is 1. The molecule has 0 radical (unpaired) electrons. The number of amides is 1. The van der Waals surface area contributed by atoms with Crippen LogP contribution in [0.2, 0.25) is 0 Å². The topological polar surface area (TPSA) is 61.7 Å². The molecule has 4 nitrogen and oxygen atoms in total. The number of carbonyl (C=O) groups is 1. The lowest BCUT2D eigenvalue weighted by molar-refractivity contribution is -0.120. The SMILES string of the molecule is CC(C)[C@]1(C)SC(N[C@H]2C[C@@H]3C=C(O)[C@H]2C3)=NC1=O. The van der Waals surface area contributed by atoms with E-state index < -0.39 is 4.75 Å². The maximum atomic E-state index is 12.0. The van der Waals surface area contributed by atoms with E-state index in [2.05, 4.69) is 24.2 Å². The fourth-order valence-electron chi connectivity index (χ4n) is 3.12. The van der Waals surface area contributed by atoms with Crippen LogP contribution in [0, 0.1) is 17.8 Å². The molecule has 19 heavy (non-hydrogen) atoms. The third-order valence-corrected chi connectivity index (χ3v) is 6.21. The highest BCUT2D eigenvalue weighted by molar-refractivity contribution is 8.16. The highest BCUT2D eigenvalue weighted by atomic mass is 32.2. The molecule has 3 aliphatic rings. The molecule has 1 fully saturated rings. The summed E-state index contributed by atoms with van der Waals surface area (Å²) in [4.78, 5) is 16.2. The van der Waals surface area contributed by atoms with Gasteiger partial charge in [-0.25, -0.2) is 0 Å². The van der Waals surface area contributed by atoms with Crippen molar-refractivity contribution >= 4 is 22.8 Å². The lowest BCUT2D eigenvalue weighted by atomic mass is 9.96. The summed E-state index contributed by atoms with van der Waals surface area (Å²) in [6, 6.07) is 0.226. The molecule has 2 aliphatic carbocycles. The summed E-state index contributed by atoms with van der Waals surface area (Å²) < 4.78 is -0.447. The van der Waals surface area contributed by atoms with E-state index in [-0.39, 0.29) is 23.8 Å². The molecule has 0 spiro atoms. The zero-order chi connectivity index (χ0) is 13.8. The lowest BCUT2D eigenvalue weighted by Gasteiger charge is -2.26. The van der Waals surface area contributed by atoms with E-state index in [0.29, 0.717) is 11.7 Å². The van der Waals surface area contributed by atoms with Gasteiger partial charge in [-0.3, -0.25) is 4.79 Å². The monoisotopic (exact) mass is 280 g/mol. The fourth-order valence-corrected chi connectivity index (χ4v) is 4.23. The Bertz CT molecular complexity index is 486. The highest BCUT2D eigenvalue weighted by Crippen LogP contribution is 2.44. The average molecular weight is 280 g/mol. The van der Waals surface area contributed by atoms with Crippen molar-refractivity contribution in [2.75, 3.05) is 0 Å². The van der Waals surface area contributed by atoms with Crippen molar-refractivity contribution in [2.24, 2.45) is 22.7 Å². The fraction of sp³-hybridized carbons (Fsp3) is 0.714. The van der Waals surface area contributed by atoms with Gasteiger partial charge in [-0.15, -0.1) is 0 Å². The molecule has 5 heteroatoms. The Kier molecular flexibility index (Phi) is 2.93. The number of amidine groups is 1. The van der Waals surface area contributed by atoms with E-state index in [1.54, 1.807) is 0 Å². The van der Waals surface area contributed by atoms with E-state index >= 15 is 0 Å². The van der Waals surface area contributed by atoms with Crippen LogP contribution in [0.3, 0.4) is 0 Å². The number of nitrogens with one attached hydrogen (secondary N) is 1. The van der Waals surface area contributed by atoms with Gasteiger partial charge in [0.15, 0.2) is 5.17 Å². The summed E-state index contributed by atoms with van der Waals surface area (Å²) in [5.74, 6) is 1.41. The Hall–Kier alpha value is -0.970. The molecule has 1 heterocycles. The normalized spacial score (nSPS) is 40.8. The quantitative estimate of drug-likeness (QED) is 0.815. The van der Waals surface area contributed by atoms with E-state index in [9.17, 15) is 9.90 Å². The second kappa shape index (κ2) is 4.27. The second-order valence-electron chi connectivity index (χ2n) is 6.27. The van der Waals surface area contributed by atoms with E-state index in [1.807, 2.05) is 13.0 Å². The number of carbonyl (C=O) groups excluding carboxylic acids is 1. The summed E-state index contributed by atoms with van der Waals surface area (Å²) in [6.45, 7) is 6.06. The van der Waals surface area contributed by atoms with Crippen LogP contribution in [0.5, 0.6) is 0 Å². The molecule has 0 aromatic heterocycles. The van der Waals surface area contributed by atoms with Gasteiger partial charge < -0.3 is 10.4 Å². The first kappa shape index (κ1) is 13.0. The number of hydrogen-bond donors (Lipinski definition) is 2. The summed E-state index contributed by atoms with van der Waals surface area (Å²) in [7, 11) is 0. The third kappa shape index (κ3) is 1.98. The van der Waals surface area contributed by atoms with Crippen LogP contribution in [0.15, 0.2) is 16.8 Å². The maximum Gasteiger partial charge on any atom is 0.264 e. The van der Waals surface area contributed by atoms with Crippen LogP contribution in [-0.4, -0.2) is 27.0 Å². The molecule has 4 atom stereocenters. The Morgan fingerprint density at radius 2 is 2.26 bits per heavy atom. The first-order chi connectivity index (χ1) is 8.90. The average Bonchev–Trinajstić information content (AvgIpc) is 2.93. The van der Waals surface area contributed by atoms with Crippen LogP contribution in [-0.2, 0) is 4.79 Å². The zero-order valence-corrected chi connectivity index (χ0v) is 12.3. The Morgan fingerprint density at radius 1 is 1.53 bits per heavy atom. The van der Waals surface area contributed by atoms with Gasteiger partial charge in [-0.05, 0) is 37.7 Å². The molecule has 0 aromatic carbocycles. The smallest absolute Gasteiger partial charge is 0.264 e. The van der Waals surface area contributed by atoms with Crippen molar-refractivity contribution in [3.63, 3.8) is 0 Å². The van der Waals surface area contributed by atoms with Gasteiger partial charge in [-0.2, -0.15) is 4.99 Å². The molecule has 1 aliphatic heterocycles. The number of fused-ring (bicyclic) bond motifs is 2. The molecular weight excluding hydrogens is 260 g/mol. The lowest BCUT2D eigenvalue weighted by Crippen LogP contribution is -2.38. The minimum atomic E-state index is -0.447. The predicted molar refractivity (Wildman–Crippen MR) is 77.1 cm³/mol. The number of allylic oxidation sites excluding steroid dienone is 1. The predicted octanol–water partition coefficient (Wildman–Crippen LogP) is 2.47. The van der Waals surface area contributed by atoms with Crippen molar-refractivity contribution in [3.8, 4) is 0 Å². The van der Waals surface area contributed by atoms with Gasteiger partial charge in [0.1, 0.15) is 4.75 Å². The van der Waals surface area contributed by atoms with Gasteiger partial charge in [-0.1, -0.05) is 25.6 Å². The number of thioether (sulfide) groups is 1. The summed E-state index contributed by atoms with van der Waals surface area (Å²) in [5.41, 5.74) is 0. The second-order valence-corrected chi connectivity index (χ2v) is 7.71. The molecule has 0 aromatic rings. The summed E-state index contributed by atoms with van der Waals surface area (Å²) >= 11 is 1.53. The van der Waals surface area contributed by atoms with Crippen LogP contribution < -0.4 is 5.32 Å². The van der Waals surface area contributed by atoms with E-state index in [1.165, 1.54) is 11.8 Å². The molecule has 2 N–H and O–H groups in total. The van der Waals surface area contributed by atoms with Gasteiger partial charge in [0, 0.05) is 12.0 Å². The number of nitrogens with zero attached hydrogens (tertiary/aromatic N) is 1.